The number of carboxylic acid groups (broad SMARTS) is 1. The number of nitrogens with zero attached hydrogens (tertiary/aromatic N) is 4. The Morgan fingerprint density at radius 3 is 2.62 bits per heavy atom. The van der Waals surface area contributed by atoms with Crippen molar-refractivity contribution in [2.45, 2.75) is 31.8 Å². The molecule has 0 aliphatic carbocycles. The number of aromatic nitrogens is 2. The molecule has 1 aromatic rings. The normalized spacial score (nSPS) is 21.8. The average Bonchev–Trinajstić information content (AvgIpc) is 3.11. The molecule has 3 rings (SSSR count). The average molecular weight is 356 g/mol. The van der Waals surface area contributed by atoms with Gasteiger partial charge < -0.3 is 10.0 Å². The van der Waals surface area contributed by atoms with Gasteiger partial charge in [-0.15, -0.1) is 0 Å². The van der Waals surface area contributed by atoms with Gasteiger partial charge in [0, 0.05) is 44.4 Å². The molecule has 0 aromatic carbocycles. The molecule has 2 aliphatic heterocycles. The summed E-state index contributed by atoms with van der Waals surface area (Å²) in [5.74, 6) is -1.39. The summed E-state index contributed by atoms with van der Waals surface area (Å²) in [5.41, 5.74) is 1.30. The molecule has 1 saturated heterocycles. The van der Waals surface area contributed by atoms with Gasteiger partial charge in [0.15, 0.2) is 5.69 Å². The fourth-order valence-corrected chi connectivity index (χ4v) is 4.67. The number of aromatic carboxylic acids is 1. The minimum Gasteiger partial charge on any atom is -0.476 e. The first kappa shape index (κ1) is 16.9. The highest BCUT2D eigenvalue weighted by molar-refractivity contribution is 7.88. The summed E-state index contributed by atoms with van der Waals surface area (Å²) < 4.78 is 26.5. The molecular weight excluding hydrogens is 336 g/mol. The molecular formula is C14H20N4O5S. The standard InChI is InChI=1S/C14H20N4O5S/c1-16-10-5-7-17(8-9(10)12(15-16)14(20)21)13(19)11-4-3-6-18(11)24(2,22)23/h11H,3-8H2,1-2H3,(H,20,21)/t11-/m0/s1. The highest BCUT2D eigenvalue weighted by atomic mass is 32.2. The lowest BCUT2D eigenvalue weighted by Gasteiger charge is -2.32. The maximum absolute atomic E-state index is 12.8. The first-order chi connectivity index (χ1) is 11.2. The van der Waals surface area contributed by atoms with Gasteiger partial charge in [0.25, 0.3) is 0 Å². The van der Waals surface area contributed by atoms with Crippen LogP contribution in [0.4, 0.5) is 0 Å². The Balaban J connectivity index is 1.85. The van der Waals surface area contributed by atoms with E-state index in [9.17, 15) is 23.1 Å². The van der Waals surface area contributed by atoms with E-state index in [1.807, 2.05) is 0 Å². The molecule has 10 heteroatoms. The van der Waals surface area contributed by atoms with Crippen molar-refractivity contribution >= 4 is 21.9 Å². The summed E-state index contributed by atoms with van der Waals surface area (Å²) in [7, 11) is -1.75. The van der Waals surface area contributed by atoms with Crippen LogP contribution in [0.2, 0.25) is 0 Å². The number of amides is 1. The highest BCUT2D eigenvalue weighted by Gasteiger charge is 2.40. The highest BCUT2D eigenvalue weighted by Crippen LogP contribution is 2.27. The first-order valence-corrected chi connectivity index (χ1v) is 9.58. The molecule has 1 atom stereocenters. The van der Waals surface area contributed by atoms with Gasteiger partial charge in [0.05, 0.1) is 6.26 Å². The minimum absolute atomic E-state index is 0.0450. The van der Waals surface area contributed by atoms with Crippen LogP contribution in [0.5, 0.6) is 0 Å². The van der Waals surface area contributed by atoms with Crippen LogP contribution in [-0.2, 0) is 34.8 Å². The predicted octanol–water partition coefficient (Wildman–Crippen LogP) is -0.573. The fourth-order valence-electron chi connectivity index (χ4n) is 3.55. The summed E-state index contributed by atoms with van der Waals surface area (Å²) in [6.45, 7) is 0.928. The molecule has 1 N–H and O–H groups in total. The lowest BCUT2D eigenvalue weighted by atomic mass is 10.0. The second kappa shape index (κ2) is 5.85. The summed E-state index contributed by atoms with van der Waals surface area (Å²) in [4.78, 5) is 25.7. The number of hydrogen-bond donors (Lipinski definition) is 1. The third kappa shape index (κ3) is 2.80. The van der Waals surface area contributed by atoms with Gasteiger partial charge >= 0.3 is 5.97 Å². The van der Waals surface area contributed by atoms with Crippen molar-refractivity contribution < 1.29 is 23.1 Å². The van der Waals surface area contributed by atoms with Crippen LogP contribution in [0, 0.1) is 0 Å². The second-order valence-corrected chi connectivity index (χ2v) is 8.18. The van der Waals surface area contributed by atoms with Gasteiger partial charge in [-0.05, 0) is 12.8 Å². The summed E-state index contributed by atoms with van der Waals surface area (Å²) in [6, 6.07) is -0.688. The predicted molar refractivity (Wildman–Crippen MR) is 83.9 cm³/mol. The van der Waals surface area contributed by atoms with Crippen molar-refractivity contribution in [1.29, 1.82) is 0 Å². The number of carbonyl (C=O) groups excluding carboxylic acids is 1. The molecule has 0 spiro atoms. The maximum Gasteiger partial charge on any atom is 0.356 e. The van der Waals surface area contributed by atoms with E-state index in [1.54, 1.807) is 16.6 Å². The molecule has 1 fully saturated rings. The van der Waals surface area contributed by atoms with Crippen LogP contribution in [0.25, 0.3) is 0 Å². The zero-order valence-corrected chi connectivity index (χ0v) is 14.4. The van der Waals surface area contributed by atoms with Crippen LogP contribution in [0.15, 0.2) is 0 Å². The van der Waals surface area contributed by atoms with E-state index in [1.165, 1.54) is 4.31 Å². The Morgan fingerprint density at radius 2 is 2.00 bits per heavy atom. The first-order valence-electron chi connectivity index (χ1n) is 7.73. The van der Waals surface area contributed by atoms with Crippen molar-refractivity contribution in [1.82, 2.24) is 19.0 Å². The summed E-state index contributed by atoms with van der Waals surface area (Å²) >= 11 is 0. The van der Waals surface area contributed by atoms with E-state index in [4.69, 9.17) is 0 Å². The van der Waals surface area contributed by atoms with Gasteiger partial charge in [-0.3, -0.25) is 9.48 Å². The number of aryl methyl sites for hydroxylation is 1. The topological polar surface area (TPSA) is 113 Å². The minimum atomic E-state index is -3.44. The summed E-state index contributed by atoms with van der Waals surface area (Å²) in [5, 5.41) is 13.3. The zero-order chi connectivity index (χ0) is 17.6. The van der Waals surface area contributed by atoms with Crippen LogP contribution < -0.4 is 0 Å². The van der Waals surface area contributed by atoms with Gasteiger partial charge in [-0.2, -0.15) is 9.40 Å². The Morgan fingerprint density at radius 1 is 1.29 bits per heavy atom. The number of rotatable bonds is 3. The third-order valence-electron chi connectivity index (χ3n) is 4.67. The molecule has 1 aromatic heterocycles. The van der Waals surface area contributed by atoms with E-state index in [-0.39, 0.29) is 18.1 Å². The van der Waals surface area contributed by atoms with Crippen LogP contribution in [0.1, 0.15) is 34.6 Å². The van der Waals surface area contributed by atoms with Gasteiger partial charge in [-0.25, -0.2) is 13.2 Å². The lowest BCUT2D eigenvalue weighted by Crippen LogP contribution is -2.48. The number of fused-ring (bicyclic) bond motifs is 1. The van der Waals surface area contributed by atoms with Gasteiger partial charge in [-0.1, -0.05) is 0 Å². The van der Waals surface area contributed by atoms with Crippen LogP contribution in [0.3, 0.4) is 0 Å². The SMILES string of the molecule is Cn1nc(C(=O)O)c2c1CCN(C(=O)[C@@H]1CCCN1S(C)(=O)=O)C2. The van der Waals surface area contributed by atoms with Gasteiger partial charge in [0.1, 0.15) is 6.04 Å². The summed E-state index contributed by atoms with van der Waals surface area (Å²) in [6.07, 6.45) is 2.75. The van der Waals surface area contributed by atoms with E-state index in [2.05, 4.69) is 5.10 Å². The number of hydrogen-bond acceptors (Lipinski definition) is 5. The van der Waals surface area contributed by atoms with Gasteiger partial charge in [0.2, 0.25) is 15.9 Å². The third-order valence-corrected chi connectivity index (χ3v) is 5.96. The van der Waals surface area contributed by atoms with E-state index in [0.29, 0.717) is 37.9 Å². The zero-order valence-electron chi connectivity index (χ0n) is 13.6. The molecule has 0 unspecified atom stereocenters. The van der Waals surface area contributed by atoms with Crippen molar-refractivity contribution in [3.8, 4) is 0 Å². The molecule has 3 heterocycles. The quantitative estimate of drug-likeness (QED) is 0.776. The number of carboxylic acids is 1. The lowest BCUT2D eigenvalue weighted by molar-refractivity contribution is -0.135. The van der Waals surface area contributed by atoms with E-state index < -0.39 is 22.0 Å². The molecule has 0 bridgehead atoms. The largest absolute Gasteiger partial charge is 0.476 e. The molecule has 1 amide bonds. The molecule has 132 valence electrons. The van der Waals surface area contributed by atoms with Crippen molar-refractivity contribution in [2.24, 2.45) is 7.05 Å². The smallest absolute Gasteiger partial charge is 0.356 e. The van der Waals surface area contributed by atoms with Crippen molar-refractivity contribution in [3.05, 3.63) is 17.0 Å². The molecule has 0 radical (unpaired) electrons. The van der Waals surface area contributed by atoms with Crippen LogP contribution >= 0.6 is 0 Å². The molecule has 0 saturated carbocycles. The Kier molecular flexibility index (Phi) is 4.12. The molecule has 2 aliphatic rings. The van der Waals surface area contributed by atoms with E-state index in [0.717, 1.165) is 11.9 Å². The monoisotopic (exact) mass is 356 g/mol. The maximum atomic E-state index is 12.8. The fraction of sp³-hybridized carbons (Fsp3) is 0.643. The Bertz CT molecular complexity index is 800. The number of sulfonamides is 1. The molecule has 24 heavy (non-hydrogen) atoms. The number of carbonyl (C=O) groups is 2. The van der Waals surface area contributed by atoms with Crippen LogP contribution in [-0.4, -0.2) is 69.8 Å². The van der Waals surface area contributed by atoms with E-state index >= 15 is 0 Å². The Hall–Kier alpha value is -1.94. The second-order valence-electron chi connectivity index (χ2n) is 6.24. The molecule has 9 nitrogen and oxygen atoms in total. The van der Waals surface area contributed by atoms with Crippen molar-refractivity contribution in [2.75, 3.05) is 19.3 Å². The van der Waals surface area contributed by atoms with Crippen molar-refractivity contribution in [3.63, 3.8) is 0 Å². The Labute approximate surface area is 139 Å².